The van der Waals surface area contributed by atoms with Gasteiger partial charge in [0.25, 0.3) is 10.0 Å². The second kappa shape index (κ2) is 4.65. The quantitative estimate of drug-likeness (QED) is 0.732. The lowest BCUT2D eigenvalue weighted by molar-refractivity contribution is 0.0656. The Bertz CT molecular complexity index is 701. The van der Waals surface area contributed by atoms with Gasteiger partial charge in [-0.3, -0.25) is 4.72 Å². The molecule has 3 N–H and O–H groups in total. The summed E-state index contributed by atoms with van der Waals surface area (Å²) in [6, 6.07) is 7.42. The van der Waals surface area contributed by atoms with E-state index < -0.39 is 26.8 Å². The van der Waals surface area contributed by atoms with Gasteiger partial charge in [-0.25, -0.2) is 4.79 Å². The van der Waals surface area contributed by atoms with Gasteiger partial charge in [0.05, 0.1) is 0 Å². The lowest BCUT2D eigenvalue weighted by Gasteiger charge is -2.05. The monoisotopic (exact) mass is 283 g/mol. The van der Waals surface area contributed by atoms with Gasteiger partial charge >= 0.3 is 5.97 Å². The zero-order valence-corrected chi connectivity index (χ0v) is 10.2. The number of benzene rings is 1. The first kappa shape index (κ1) is 13.0. The van der Waals surface area contributed by atoms with Crippen LogP contribution < -0.4 is 4.72 Å². The van der Waals surface area contributed by atoms with Gasteiger partial charge in [0.2, 0.25) is 10.9 Å². The van der Waals surface area contributed by atoms with Crippen molar-refractivity contribution in [1.29, 1.82) is 0 Å². The number of carboxylic acids is 1. The minimum absolute atomic E-state index is 0.00545. The lowest BCUT2D eigenvalue weighted by Crippen LogP contribution is -2.12. The second-order valence-electron chi connectivity index (χ2n) is 3.58. The molecule has 0 amide bonds. The van der Waals surface area contributed by atoms with Gasteiger partial charge in [-0.15, -0.1) is 0 Å². The van der Waals surface area contributed by atoms with E-state index in [1.165, 1.54) is 24.3 Å². The van der Waals surface area contributed by atoms with Crippen LogP contribution >= 0.6 is 0 Å². The van der Waals surface area contributed by atoms with Crippen molar-refractivity contribution < 1.29 is 27.8 Å². The molecule has 0 aliphatic rings. The van der Waals surface area contributed by atoms with Crippen LogP contribution in [0.5, 0.6) is 5.75 Å². The molecule has 0 radical (unpaired) electrons. The zero-order valence-electron chi connectivity index (χ0n) is 9.40. The highest BCUT2D eigenvalue weighted by Gasteiger charge is 2.21. The fraction of sp³-hybridized carbons (Fsp3) is 0. The number of anilines is 1. The van der Waals surface area contributed by atoms with E-state index >= 15 is 0 Å². The van der Waals surface area contributed by atoms with Gasteiger partial charge in [-0.2, -0.15) is 8.42 Å². The SMILES string of the molecule is O=C(O)c1ccc(S(=O)(=O)Nc2ccc(O)cc2)o1. The van der Waals surface area contributed by atoms with Gasteiger partial charge in [-0.1, -0.05) is 0 Å². The summed E-state index contributed by atoms with van der Waals surface area (Å²) < 4.78 is 30.6. The van der Waals surface area contributed by atoms with E-state index in [-0.39, 0.29) is 11.4 Å². The molecule has 0 spiro atoms. The van der Waals surface area contributed by atoms with Crippen molar-refractivity contribution in [2.45, 2.75) is 5.09 Å². The fourth-order valence-corrected chi connectivity index (χ4v) is 2.31. The first-order valence-corrected chi connectivity index (χ1v) is 6.52. The normalized spacial score (nSPS) is 11.2. The third kappa shape index (κ3) is 2.86. The molecular weight excluding hydrogens is 274 g/mol. The maximum Gasteiger partial charge on any atom is 0.371 e. The molecule has 0 aliphatic carbocycles. The predicted octanol–water partition coefficient (Wildman–Crippen LogP) is 1.48. The van der Waals surface area contributed by atoms with Gasteiger partial charge in [0, 0.05) is 5.69 Å². The predicted molar refractivity (Wildman–Crippen MR) is 64.6 cm³/mol. The molecule has 0 aliphatic heterocycles. The van der Waals surface area contributed by atoms with Gasteiger partial charge in [0.1, 0.15) is 5.75 Å². The van der Waals surface area contributed by atoms with Crippen molar-refractivity contribution in [2.24, 2.45) is 0 Å². The minimum Gasteiger partial charge on any atom is -0.508 e. The smallest absolute Gasteiger partial charge is 0.371 e. The number of aromatic hydroxyl groups is 1. The second-order valence-corrected chi connectivity index (χ2v) is 5.19. The molecule has 8 heteroatoms. The summed E-state index contributed by atoms with van der Waals surface area (Å²) >= 11 is 0. The molecule has 1 aromatic heterocycles. The van der Waals surface area contributed by atoms with E-state index in [0.717, 1.165) is 12.1 Å². The first-order chi connectivity index (χ1) is 8.88. The molecule has 0 saturated heterocycles. The highest BCUT2D eigenvalue weighted by atomic mass is 32.2. The molecule has 0 saturated carbocycles. The molecule has 1 heterocycles. The fourth-order valence-electron chi connectivity index (χ4n) is 1.31. The maximum absolute atomic E-state index is 11.9. The molecule has 0 bridgehead atoms. The topological polar surface area (TPSA) is 117 Å². The molecule has 100 valence electrons. The molecule has 1 aromatic carbocycles. The Morgan fingerprint density at radius 3 is 2.26 bits per heavy atom. The molecule has 19 heavy (non-hydrogen) atoms. The van der Waals surface area contributed by atoms with Crippen molar-refractivity contribution in [2.75, 3.05) is 4.72 Å². The molecule has 0 fully saturated rings. The van der Waals surface area contributed by atoms with Crippen LogP contribution in [0.2, 0.25) is 0 Å². The third-order valence-corrected chi connectivity index (χ3v) is 3.43. The van der Waals surface area contributed by atoms with Crippen molar-refractivity contribution in [3.05, 3.63) is 42.2 Å². The number of carboxylic acid groups (broad SMARTS) is 1. The highest BCUT2D eigenvalue weighted by molar-refractivity contribution is 7.92. The largest absolute Gasteiger partial charge is 0.508 e. The number of sulfonamides is 1. The van der Waals surface area contributed by atoms with Crippen molar-refractivity contribution in [1.82, 2.24) is 0 Å². The summed E-state index contributed by atoms with van der Waals surface area (Å²) in [5, 5.41) is 17.2. The van der Waals surface area contributed by atoms with E-state index in [4.69, 9.17) is 14.6 Å². The van der Waals surface area contributed by atoms with Gasteiger partial charge in [-0.05, 0) is 36.4 Å². The van der Waals surface area contributed by atoms with Crippen LogP contribution in [-0.4, -0.2) is 24.6 Å². The number of aromatic carboxylic acids is 1. The number of furan rings is 1. The molecule has 7 nitrogen and oxygen atoms in total. The Kier molecular flexibility index (Phi) is 3.17. The number of carbonyl (C=O) groups is 1. The standard InChI is InChI=1S/C11H9NO6S/c13-8-3-1-7(2-4-8)12-19(16,17)10-6-5-9(18-10)11(14)15/h1-6,12-13H,(H,14,15). The average molecular weight is 283 g/mol. The Balaban J connectivity index is 2.26. The van der Waals surface area contributed by atoms with E-state index in [9.17, 15) is 13.2 Å². The van der Waals surface area contributed by atoms with Crippen LogP contribution in [-0.2, 0) is 10.0 Å². The van der Waals surface area contributed by atoms with E-state index in [2.05, 4.69) is 4.72 Å². The highest BCUT2D eigenvalue weighted by Crippen LogP contribution is 2.20. The van der Waals surface area contributed by atoms with Gasteiger partial charge < -0.3 is 14.6 Å². The number of phenols is 1. The van der Waals surface area contributed by atoms with Crippen LogP contribution in [0.25, 0.3) is 0 Å². The molecule has 0 unspecified atom stereocenters. The molecule has 2 rings (SSSR count). The summed E-state index contributed by atoms with van der Waals surface area (Å²) in [7, 11) is -4.00. The third-order valence-electron chi connectivity index (χ3n) is 2.18. The Labute approximate surface area is 108 Å². The molecular formula is C11H9NO6S. The summed E-state index contributed by atoms with van der Waals surface area (Å²) in [6.07, 6.45) is 0. The summed E-state index contributed by atoms with van der Waals surface area (Å²) in [6.45, 7) is 0. The molecule has 2 aromatic rings. The Hall–Kier alpha value is -2.48. The van der Waals surface area contributed by atoms with Crippen LogP contribution in [0.1, 0.15) is 10.6 Å². The number of rotatable bonds is 4. The van der Waals surface area contributed by atoms with Crippen molar-refractivity contribution in [3.8, 4) is 5.75 Å². The van der Waals surface area contributed by atoms with E-state index in [0.29, 0.717) is 0 Å². The Morgan fingerprint density at radius 2 is 1.74 bits per heavy atom. The number of phenolic OH excluding ortho intramolecular Hbond substituents is 1. The van der Waals surface area contributed by atoms with Crippen LogP contribution in [0.15, 0.2) is 45.9 Å². The number of hydrogen-bond donors (Lipinski definition) is 3. The Morgan fingerprint density at radius 1 is 1.11 bits per heavy atom. The molecule has 0 atom stereocenters. The first-order valence-electron chi connectivity index (χ1n) is 5.03. The van der Waals surface area contributed by atoms with Crippen LogP contribution in [0.4, 0.5) is 5.69 Å². The maximum atomic E-state index is 11.9. The summed E-state index contributed by atoms with van der Waals surface area (Å²) in [5.41, 5.74) is 0.214. The number of nitrogens with one attached hydrogen (secondary N) is 1. The van der Waals surface area contributed by atoms with E-state index in [1.54, 1.807) is 0 Å². The summed E-state index contributed by atoms with van der Waals surface area (Å²) in [5.74, 6) is -1.83. The lowest BCUT2D eigenvalue weighted by atomic mass is 10.3. The van der Waals surface area contributed by atoms with Crippen molar-refractivity contribution in [3.63, 3.8) is 0 Å². The zero-order chi connectivity index (χ0) is 14.0. The average Bonchev–Trinajstić information content (AvgIpc) is 2.82. The van der Waals surface area contributed by atoms with Crippen LogP contribution in [0, 0.1) is 0 Å². The van der Waals surface area contributed by atoms with Crippen LogP contribution in [0.3, 0.4) is 0 Å². The van der Waals surface area contributed by atoms with Crippen molar-refractivity contribution >= 4 is 21.7 Å². The van der Waals surface area contributed by atoms with E-state index in [1.807, 2.05) is 0 Å². The number of hydrogen-bond acceptors (Lipinski definition) is 5. The summed E-state index contributed by atoms with van der Waals surface area (Å²) in [4.78, 5) is 10.6. The van der Waals surface area contributed by atoms with Gasteiger partial charge in [0.15, 0.2) is 0 Å². The minimum atomic E-state index is -4.00.